The number of hydrogen-bond acceptors (Lipinski definition) is 0. The van der Waals surface area contributed by atoms with Gasteiger partial charge in [-0.25, -0.2) is 0 Å². The molecule has 0 amide bonds. The monoisotopic (exact) mass is 477 g/mol. The molecule has 36 heavy (non-hydrogen) atoms. The lowest BCUT2D eigenvalue weighted by molar-refractivity contribution is 1.19. The highest BCUT2D eigenvalue weighted by Crippen LogP contribution is 2.40. The second-order valence-electron chi connectivity index (χ2n) is 9.03. The Kier molecular flexibility index (Phi) is 5.16. The Morgan fingerprint density at radius 3 is 1.75 bits per heavy atom. The van der Waals surface area contributed by atoms with Gasteiger partial charge in [-0.05, 0) is 47.5 Å². The molecule has 1 aromatic heterocycles. The molecule has 0 saturated carbocycles. The first kappa shape index (κ1) is 21.1. The van der Waals surface area contributed by atoms with Gasteiger partial charge in [-0.15, -0.1) is 0 Å². The Bertz CT molecular complexity index is 1790. The van der Waals surface area contributed by atoms with Gasteiger partial charge in [0, 0.05) is 16.1 Å². The van der Waals surface area contributed by atoms with Crippen LogP contribution in [0, 0.1) is 0 Å². The predicted octanol–water partition coefficient (Wildman–Crippen LogP) is 7.70. The van der Waals surface area contributed by atoms with Crippen molar-refractivity contribution in [2.75, 3.05) is 0 Å². The van der Waals surface area contributed by atoms with Crippen LogP contribution in [-0.2, 0) is 0 Å². The minimum absolute atomic E-state index is 0.738. The smallest absolute Gasteiger partial charge is 0.0547 e. The lowest BCUT2D eigenvalue weighted by Crippen LogP contribution is -2.23. The molecule has 6 aromatic carbocycles. The van der Waals surface area contributed by atoms with Crippen molar-refractivity contribution in [2.45, 2.75) is 0 Å². The van der Waals surface area contributed by atoms with Crippen LogP contribution in [0.3, 0.4) is 0 Å². The SMILES string of the molecule is c1ccc(P(c2ccccc2)c2ccccc2-n2c3ccccc3c3c4ccccc4ccc32)cc1. The van der Waals surface area contributed by atoms with Crippen LogP contribution >= 0.6 is 7.92 Å². The van der Waals surface area contributed by atoms with Crippen LogP contribution in [0.4, 0.5) is 0 Å². The number of rotatable bonds is 4. The van der Waals surface area contributed by atoms with E-state index in [4.69, 9.17) is 0 Å². The third kappa shape index (κ3) is 3.36. The highest BCUT2D eigenvalue weighted by Gasteiger charge is 2.22. The van der Waals surface area contributed by atoms with Crippen molar-refractivity contribution >= 4 is 56.4 Å². The predicted molar refractivity (Wildman–Crippen MR) is 157 cm³/mol. The summed E-state index contributed by atoms with van der Waals surface area (Å²) in [4.78, 5) is 0. The summed E-state index contributed by atoms with van der Waals surface area (Å²) >= 11 is 0. The fourth-order valence-corrected chi connectivity index (χ4v) is 7.86. The lowest BCUT2D eigenvalue weighted by atomic mass is 10.0. The van der Waals surface area contributed by atoms with Gasteiger partial charge in [-0.2, -0.15) is 0 Å². The maximum absolute atomic E-state index is 2.48. The van der Waals surface area contributed by atoms with Crippen LogP contribution in [0.2, 0.25) is 0 Å². The summed E-state index contributed by atoms with van der Waals surface area (Å²) in [7, 11) is -0.738. The average molecular weight is 478 g/mol. The molecule has 170 valence electrons. The van der Waals surface area contributed by atoms with E-state index in [1.54, 1.807) is 0 Å². The van der Waals surface area contributed by atoms with Gasteiger partial charge in [-0.1, -0.05) is 127 Å². The van der Waals surface area contributed by atoms with Crippen LogP contribution in [0.1, 0.15) is 0 Å². The van der Waals surface area contributed by atoms with Gasteiger partial charge < -0.3 is 4.57 Å². The molecule has 0 bridgehead atoms. The number of fused-ring (bicyclic) bond motifs is 5. The van der Waals surface area contributed by atoms with Gasteiger partial charge in [0.15, 0.2) is 0 Å². The average Bonchev–Trinajstić information content (AvgIpc) is 3.29. The van der Waals surface area contributed by atoms with Gasteiger partial charge in [0.05, 0.1) is 16.7 Å². The molecule has 0 unspecified atom stereocenters. The van der Waals surface area contributed by atoms with Gasteiger partial charge in [-0.3, -0.25) is 0 Å². The van der Waals surface area contributed by atoms with Crippen molar-refractivity contribution in [1.29, 1.82) is 0 Å². The second kappa shape index (κ2) is 8.79. The maximum atomic E-state index is 2.48. The van der Waals surface area contributed by atoms with Crippen molar-refractivity contribution in [3.63, 3.8) is 0 Å². The van der Waals surface area contributed by atoms with E-state index >= 15 is 0 Å². The van der Waals surface area contributed by atoms with Crippen LogP contribution in [0.15, 0.2) is 146 Å². The number of benzene rings is 6. The minimum Gasteiger partial charge on any atom is -0.309 e. The molecular weight excluding hydrogens is 453 g/mol. The molecule has 1 nitrogen and oxygen atoms in total. The molecule has 0 spiro atoms. The molecule has 0 N–H and O–H groups in total. The van der Waals surface area contributed by atoms with Gasteiger partial charge in [0.2, 0.25) is 0 Å². The molecule has 0 saturated heterocycles. The Balaban J connectivity index is 1.58. The summed E-state index contributed by atoms with van der Waals surface area (Å²) in [5.74, 6) is 0. The van der Waals surface area contributed by atoms with E-state index in [0.717, 1.165) is 0 Å². The van der Waals surface area contributed by atoms with E-state index in [1.807, 2.05) is 0 Å². The van der Waals surface area contributed by atoms with Crippen molar-refractivity contribution in [2.24, 2.45) is 0 Å². The van der Waals surface area contributed by atoms with Crippen molar-refractivity contribution in [1.82, 2.24) is 4.57 Å². The molecular formula is C34H24NP. The summed E-state index contributed by atoms with van der Waals surface area (Å²) in [6.45, 7) is 0. The van der Waals surface area contributed by atoms with Crippen molar-refractivity contribution in [3.8, 4) is 5.69 Å². The van der Waals surface area contributed by atoms with E-state index in [-0.39, 0.29) is 0 Å². The second-order valence-corrected chi connectivity index (χ2v) is 11.2. The fraction of sp³-hybridized carbons (Fsp3) is 0. The van der Waals surface area contributed by atoms with E-state index in [9.17, 15) is 0 Å². The normalized spacial score (nSPS) is 11.6. The van der Waals surface area contributed by atoms with E-state index < -0.39 is 7.92 Å². The molecule has 0 aliphatic rings. The number of hydrogen-bond donors (Lipinski definition) is 0. The summed E-state index contributed by atoms with van der Waals surface area (Å²) in [5, 5.41) is 9.27. The highest BCUT2D eigenvalue weighted by molar-refractivity contribution is 7.80. The summed E-state index contributed by atoms with van der Waals surface area (Å²) in [5.41, 5.74) is 3.74. The molecule has 2 heteroatoms. The quantitative estimate of drug-likeness (QED) is 0.229. The van der Waals surface area contributed by atoms with Gasteiger partial charge >= 0.3 is 0 Å². The largest absolute Gasteiger partial charge is 0.309 e. The van der Waals surface area contributed by atoms with Crippen molar-refractivity contribution < 1.29 is 0 Å². The first-order valence-electron chi connectivity index (χ1n) is 12.3. The Labute approximate surface area is 212 Å². The lowest BCUT2D eigenvalue weighted by Gasteiger charge is -2.23. The highest BCUT2D eigenvalue weighted by atomic mass is 31.1. The number of aromatic nitrogens is 1. The van der Waals surface area contributed by atoms with Crippen LogP contribution in [0.5, 0.6) is 0 Å². The van der Waals surface area contributed by atoms with Crippen LogP contribution in [0.25, 0.3) is 38.3 Å². The molecule has 1 heterocycles. The first-order valence-corrected chi connectivity index (χ1v) is 13.6. The molecule has 0 aliphatic carbocycles. The van der Waals surface area contributed by atoms with Crippen LogP contribution in [-0.4, -0.2) is 4.57 Å². The molecule has 7 rings (SSSR count). The summed E-state index contributed by atoms with van der Waals surface area (Å²) in [6, 6.07) is 53.0. The van der Waals surface area contributed by atoms with Gasteiger partial charge in [0.1, 0.15) is 0 Å². The number of nitrogens with zero attached hydrogens (tertiary/aromatic N) is 1. The zero-order chi connectivity index (χ0) is 23.9. The first-order chi connectivity index (χ1) is 17.9. The van der Waals surface area contributed by atoms with E-state index in [2.05, 4.69) is 150 Å². The zero-order valence-corrected chi connectivity index (χ0v) is 20.6. The molecule has 0 radical (unpaired) electrons. The maximum Gasteiger partial charge on any atom is 0.0547 e. The Morgan fingerprint density at radius 1 is 0.417 bits per heavy atom. The molecule has 0 atom stereocenters. The summed E-state index contributed by atoms with van der Waals surface area (Å²) < 4.78 is 2.48. The molecule has 0 fully saturated rings. The minimum atomic E-state index is -0.738. The van der Waals surface area contributed by atoms with Gasteiger partial charge in [0.25, 0.3) is 0 Å². The number of para-hydroxylation sites is 2. The fourth-order valence-electron chi connectivity index (χ4n) is 5.42. The van der Waals surface area contributed by atoms with E-state index in [1.165, 1.54) is 54.2 Å². The Hall–Kier alpha value is -4.19. The standard InChI is InChI=1S/C34H24NP/c1-3-14-26(15-4-1)36(27-16-5-2-6-17-27)33-22-12-11-21-31(33)35-30-20-10-9-19-29(30)34-28-18-8-7-13-25(28)23-24-32(34)35/h1-24H. The zero-order valence-electron chi connectivity index (χ0n) is 19.8. The van der Waals surface area contributed by atoms with Crippen LogP contribution < -0.4 is 15.9 Å². The topological polar surface area (TPSA) is 4.93 Å². The van der Waals surface area contributed by atoms with Crippen molar-refractivity contribution in [3.05, 3.63) is 146 Å². The Morgan fingerprint density at radius 2 is 1.00 bits per heavy atom. The van der Waals surface area contributed by atoms with E-state index in [0.29, 0.717) is 0 Å². The molecule has 7 aromatic rings. The third-order valence-corrected chi connectivity index (χ3v) is 9.44. The third-order valence-electron chi connectivity index (χ3n) is 6.95. The molecule has 0 aliphatic heterocycles. The summed E-state index contributed by atoms with van der Waals surface area (Å²) in [6.07, 6.45) is 0.